The molecule has 2 aromatic rings. The number of imidazole rings is 1. The molecule has 108 valence electrons. The number of nitrogens with one attached hydrogen (secondary N) is 1. The largest absolute Gasteiger partial charge is 0.330 e. The number of fused-ring (bicyclic) bond motifs is 1. The highest BCUT2D eigenvalue weighted by molar-refractivity contribution is 7.71. The average Bonchev–Trinajstić information content (AvgIpc) is 2.65. The van der Waals surface area contributed by atoms with Gasteiger partial charge in [0.25, 0.3) is 0 Å². The number of likely N-dealkylation sites (N-methyl/N-ethyl adjacent to an activating group) is 1. The maximum atomic E-state index is 14.1. The second kappa shape index (κ2) is 4.63. The molecule has 0 amide bonds. The van der Waals surface area contributed by atoms with Crippen molar-refractivity contribution in [1.82, 2.24) is 14.5 Å². The number of H-pyrrole nitrogens is 1. The molecule has 0 bridgehead atoms. The summed E-state index contributed by atoms with van der Waals surface area (Å²) in [7, 11) is 4.04. The SMILES string of the molecule is CN(C)C1(Cn2c(=S)[nH]c3ccc(F)c(F)c32)CCC1. The summed E-state index contributed by atoms with van der Waals surface area (Å²) in [5.74, 6) is -1.67. The van der Waals surface area contributed by atoms with E-state index in [4.69, 9.17) is 12.2 Å². The van der Waals surface area contributed by atoms with Crippen molar-refractivity contribution in [1.29, 1.82) is 0 Å². The second-order valence-corrected chi connectivity index (χ2v) is 6.13. The van der Waals surface area contributed by atoms with Gasteiger partial charge in [0.2, 0.25) is 0 Å². The minimum Gasteiger partial charge on any atom is -0.330 e. The van der Waals surface area contributed by atoms with Crippen LogP contribution < -0.4 is 0 Å². The summed E-state index contributed by atoms with van der Waals surface area (Å²) >= 11 is 5.28. The van der Waals surface area contributed by atoms with Crippen LogP contribution in [0.15, 0.2) is 12.1 Å². The molecule has 0 unspecified atom stereocenters. The molecule has 1 aliphatic carbocycles. The van der Waals surface area contributed by atoms with Gasteiger partial charge in [-0.1, -0.05) is 0 Å². The quantitative estimate of drug-likeness (QED) is 0.877. The highest BCUT2D eigenvalue weighted by Gasteiger charge is 2.40. The molecule has 1 heterocycles. The molecule has 0 spiro atoms. The van der Waals surface area contributed by atoms with Crippen LogP contribution in [0.25, 0.3) is 11.0 Å². The number of aromatic amines is 1. The van der Waals surface area contributed by atoms with Crippen LogP contribution in [0.5, 0.6) is 0 Å². The van der Waals surface area contributed by atoms with Crippen molar-refractivity contribution >= 4 is 23.3 Å². The number of rotatable bonds is 3. The first-order valence-corrected chi connectivity index (χ1v) is 7.09. The average molecular weight is 297 g/mol. The Kier molecular flexibility index (Phi) is 3.17. The molecule has 1 aromatic heterocycles. The van der Waals surface area contributed by atoms with Crippen molar-refractivity contribution in [3.63, 3.8) is 0 Å². The van der Waals surface area contributed by atoms with E-state index in [0.29, 0.717) is 16.8 Å². The van der Waals surface area contributed by atoms with Crippen LogP contribution in [0.3, 0.4) is 0 Å². The molecule has 1 fully saturated rings. The van der Waals surface area contributed by atoms with E-state index in [-0.39, 0.29) is 11.1 Å². The summed E-state index contributed by atoms with van der Waals surface area (Å²) in [6.45, 7) is 0.583. The van der Waals surface area contributed by atoms with Crippen LogP contribution in [0.4, 0.5) is 8.78 Å². The molecule has 0 saturated heterocycles. The lowest BCUT2D eigenvalue weighted by Crippen LogP contribution is -2.53. The van der Waals surface area contributed by atoms with Gasteiger partial charge in [-0.3, -0.25) is 0 Å². The Bertz CT molecular complexity index is 713. The lowest BCUT2D eigenvalue weighted by molar-refractivity contribution is 0.0430. The third-order valence-corrected chi connectivity index (χ3v) is 4.83. The monoisotopic (exact) mass is 297 g/mol. The molecular formula is C14H17F2N3S. The topological polar surface area (TPSA) is 24.0 Å². The zero-order chi connectivity index (χ0) is 14.5. The first-order chi connectivity index (χ1) is 9.44. The molecule has 0 radical (unpaired) electrons. The summed E-state index contributed by atoms with van der Waals surface area (Å²) in [6.07, 6.45) is 3.25. The van der Waals surface area contributed by atoms with E-state index in [0.717, 1.165) is 25.3 Å². The molecule has 1 aromatic carbocycles. The summed E-state index contributed by atoms with van der Waals surface area (Å²) < 4.78 is 29.7. The zero-order valence-corrected chi connectivity index (χ0v) is 12.4. The first-order valence-electron chi connectivity index (χ1n) is 6.68. The molecule has 1 N–H and O–H groups in total. The van der Waals surface area contributed by atoms with Gasteiger partial charge in [-0.25, -0.2) is 8.78 Å². The molecule has 6 heteroatoms. The number of hydrogen-bond acceptors (Lipinski definition) is 2. The summed E-state index contributed by atoms with van der Waals surface area (Å²) in [6, 6.07) is 2.65. The van der Waals surface area contributed by atoms with E-state index in [1.807, 2.05) is 14.1 Å². The van der Waals surface area contributed by atoms with E-state index < -0.39 is 11.6 Å². The van der Waals surface area contributed by atoms with Crippen molar-refractivity contribution in [2.75, 3.05) is 14.1 Å². The minimum absolute atomic E-state index is 0.00783. The van der Waals surface area contributed by atoms with Gasteiger partial charge in [0.15, 0.2) is 16.4 Å². The maximum Gasteiger partial charge on any atom is 0.184 e. The molecule has 3 rings (SSSR count). The fraction of sp³-hybridized carbons (Fsp3) is 0.500. The molecular weight excluding hydrogens is 280 g/mol. The van der Waals surface area contributed by atoms with Crippen molar-refractivity contribution in [2.45, 2.75) is 31.3 Å². The van der Waals surface area contributed by atoms with E-state index in [2.05, 4.69) is 9.88 Å². The molecule has 1 saturated carbocycles. The van der Waals surface area contributed by atoms with Gasteiger partial charge in [0, 0.05) is 12.1 Å². The van der Waals surface area contributed by atoms with Crippen LogP contribution >= 0.6 is 12.2 Å². The second-order valence-electron chi connectivity index (χ2n) is 5.75. The number of aromatic nitrogens is 2. The van der Waals surface area contributed by atoms with E-state index >= 15 is 0 Å². The standard InChI is InChI=1S/C14H17F2N3S/c1-18(2)14(6-3-7-14)8-19-12-10(17-13(19)20)5-4-9(15)11(12)16/h4-5H,3,6-8H2,1-2H3,(H,17,20). The Morgan fingerprint density at radius 3 is 2.60 bits per heavy atom. The van der Waals surface area contributed by atoms with Gasteiger partial charge in [-0.2, -0.15) is 0 Å². The van der Waals surface area contributed by atoms with Gasteiger partial charge in [-0.05, 0) is 57.7 Å². The Morgan fingerprint density at radius 2 is 2.05 bits per heavy atom. The lowest BCUT2D eigenvalue weighted by Gasteiger charge is -2.47. The first kappa shape index (κ1) is 13.7. The fourth-order valence-electron chi connectivity index (χ4n) is 2.97. The Morgan fingerprint density at radius 1 is 1.35 bits per heavy atom. The summed E-state index contributed by atoms with van der Waals surface area (Å²) in [5, 5.41) is 0. The Hall–Kier alpha value is -1.27. The predicted octanol–water partition coefficient (Wildman–Crippen LogP) is 3.46. The van der Waals surface area contributed by atoms with Crippen molar-refractivity contribution in [3.05, 3.63) is 28.5 Å². The normalized spacial score (nSPS) is 17.6. The number of nitrogens with zero attached hydrogens (tertiary/aromatic N) is 2. The van der Waals surface area contributed by atoms with E-state index in [1.54, 1.807) is 4.57 Å². The minimum atomic E-state index is -0.840. The third-order valence-electron chi connectivity index (χ3n) is 4.51. The lowest BCUT2D eigenvalue weighted by atomic mass is 9.75. The fourth-order valence-corrected chi connectivity index (χ4v) is 3.23. The van der Waals surface area contributed by atoms with Crippen LogP contribution in [-0.2, 0) is 6.54 Å². The van der Waals surface area contributed by atoms with Gasteiger partial charge >= 0.3 is 0 Å². The van der Waals surface area contributed by atoms with E-state index in [9.17, 15) is 8.78 Å². The van der Waals surface area contributed by atoms with Crippen molar-refractivity contribution < 1.29 is 8.78 Å². The molecule has 0 aliphatic heterocycles. The molecule has 1 aliphatic rings. The van der Waals surface area contributed by atoms with Crippen LogP contribution in [0, 0.1) is 16.4 Å². The molecule has 3 nitrogen and oxygen atoms in total. The third kappa shape index (κ3) is 1.90. The smallest absolute Gasteiger partial charge is 0.184 e. The number of halogens is 2. The highest BCUT2D eigenvalue weighted by atomic mass is 32.1. The summed E-state index contributed by atoms with van der Waals surface area (Å²) in [4.78, 5) is 5.12. The van der Waals surface area contributed by atoms with Crippen LogP contribution in [0.2, 0.25) is 0 Å². The predicted molar refractivity (Wildman–Crippen MR) is 77.3 cm³/mol. The van der Waals surface area contributed by atoms with Gasteiger partial charge in [-0.15, -0.1) is 0 Å². The van der Waals surface area contributed by atoms with Crippen molar-refractivity contribution in [3.8, 4) is 0 Å². The Labute approximate surface area is 121 Å². The molecule has 0 atom stereocenters. The van der Waals surface area contributed by atoms with E-state index in [1.165, 1.54) is 6.07 Å². The van der Waals surface area contributed by atoms with Crippen LogP contribution in [0.1, 0.15) is 19.3 Å². The zero-order valence-electron chi connectivity index (χ0n) is 11.5. The summed E-state index contributed by atoms with van der Waals surface area (Å²) in [5.41, 5.74) is 0.775. The highest BCUT2D eigenvalue weighted by Crippen LogP contribution is 2.38. The van der Waals surface area contributed by atoms with Gasteiger partial charge < -0.3 is 14.5 Å². The van der Waals surface area contributed by atoms with Gasteiger partial charge in [0.1, 0.15) is 5.52 Å². The Balaban J connectivity index is 2.14. The van der Waals surface area contributed by atoms with Crippen molar-refractivity contribution in [2.24, 2.45) is 0 Å². The number of benzene rings is 1. The molecule has 20 heavy (non-hydrogen) atoms. The van der Waals surface area contributed by atoms with Crippen LogP contribution in [-0.4, -0.2) is 34.1 Å². The maximum absolute atomic E-state index is 14.1. The van der Waals surface area contributed by atoms with Gasteiger partial charge in [0.05, 0.1) is 5.52 Å². The number of hydrogen-bond donors (Lipinski definition) is 1.